The van der Waals surface area contributed by atoms with E-state index < -0.39 is 10.8 Å². The molecule has 0 radical (unpaired) electrons. The van der Waals surface area contributed by atoms with Crippen LogP contribution in [0.3, 0.4) is 0 Å². The van der Waals surface area contributed by atoms with Crippen LogP contribution in [0.25, 0.3) is 16.5 Å². The van der Waals surface area contributed by atoms with E-state index in [9.17, 15) is 19.7 Å². The summed E-state index contributed by atoms with van der Waals surface area (Å²) in [5, 5.41) is 23.0. The molecule has 1 N–H and O–H groups in total. The molecule has 0 fully saturated rings. The second kappa shape index (κ2) is 7.24. The number of anilines is 1. The van der Waals surface area contributed by atoms with Gasteiger partial charge in [0.05, 0.1) is 21.7 Å². The maximum atomic E-state index is 13.0. The molecule has 150 valence electrons. The highest BCUT2D eigenvalue weighted by molar-refractivity contribution is 6.10. The molecule has 2 heterocycles. The van der Waals surface area contributed by atoms with E-state index in [1.165, 1.54) is 23.9 Å². The quantitative estimate of drug-likeness (QED) is 0.412. The predicted octanol–water partition coefficient (Wildman–Crippen LogP) is 2.59. The number of amides is 1. The van der Waals surface area contributed by atoms with E-state index in [-0.39, 0.29) is 16.9 Å². The van der Waals surface area contributed by atoms with Crippen molar-refractivity contribution in [3.63, 3.8) is 0 Å². The van der Waals surface area contributed by atoms with Crippen LogP contribution in [0.1, 0.15) is 16.2 Å². The predicted molar refractivity (Wildman–Crippen MR) is 110 cm³/mol. The molecule has 0 aliphatic heterocycles. The Bertz CT molecular complexity index is 1350. The first kappa shape index (κ1) is 19.0. The SMILES string of the molecule is Cc1cc(NC(=O)c2nn(C)c(=O)c3ccccc23)n(-c2ccc([N+](=O)[O-])cc2)n1. The molecule has 0 aliphatic carbocycles. The minimum Gasteiger partial charge on any atom is -0.305 e. The molecule has 0 saturated carbocycles. The van der Waals surface area contributed by atoms with E-state index in [0.29, 0.717) is 28.0 Å². The van der Waals surface area contributed by atoms with Gasteiger partial charge in [-0.1, -0.05) is 18.2 Å². The van der Waals surface area contributed by atoms with Gasteiger partial charge in [0.1, 0.15) is 5.82 Å². The second-order valence-electron chi connectivity index (χ2n) is 6.63. The summed E-state index contributed by atoms with van der Waals surface area (Å²) in [5.74, 6) is -0.143. The van der Waals surface area contributed by atoms with Crippen LogP contribution in [-0.2, 0) is 7.05 Å². The smallest absolute Gasteiger partial charge is 0.277 e. The lowest BCUT2D eigenvalue weighted by Crippen LogP contribution is -2.25. The van der Waals surface area contributed by atoms with Crippen LogP contribution in [-0.4, -0.2) is 30.4 Å². The van der Waals surface area contributed by atoms with E-state index in [2.05, 4.69) is 15.5 Å². The molecule has 4 rings (SSSR count). The maximum Gasteiger partial charge on any atom is 0.277 e. The zero-order valence-corrected chi connectivity index (χ0v) is 16.1. The first-order chi connectivity index (χ1) is 14.3. The number of aromatic nitrogens is 4. The standard InChI is InChI=1S/C20H16N6O4/c1-12-11-17(25(22-12)13-7-9-14(10-8-13)26(29)30)21-19(27)18-15-5-3-4-6-16(15)20(28)24(2)23-18/h3-11H,1-2H3,(H,21,27). The molecule has 10 nitrogen and oxygen atoms in total. The Morgan fingerprint density at radius 3 is 2.40 bits per heavy atom. The largest absolute Gasteiger partial charge is 0.305 e. The number of nitrogens with one attached hydrogen (secondary N) is 1. The van der Waals surface area contributed by atoms with Crippen LogP contribution in [0.5, 0.6) is 0 Å². The second-order valence-corrected chi connectivity index (χ2v) is 6.63. The number of nitro benzene ring substituents is 1. The molecule has 1 amide bonds. The van der Waals surface area contributed by atoms with Crippen LogP contribution in [0, 0.1) is 17.0 Å². The number of aryl methyl sites for hydroxylation is 2. The summed E-state index contributed by atoms with van der Waals surface area (Å²) in [6, 6.07) is 14.2. The van der Waals surface area contributed by atoms with Crippen LogP contribution in [0.2, 0.25) is 0 Å². The Morgan fingerprint density at radius 2 is 1.73 bits per heavy atom. The minimum absolute atomic E-state index is 0.0471. The Kier molecular flexibility index (Phi) is 4.59. The van der Waals surface area contributed by atoms with Gasteiger partial charge in [-0.25, -0.2) is 9.36 Å². The molecule has 2 aromatic carbocycles. The first-order valence-electron chi connectivity index (χ1n) is 8.94. The van der Waals surface area contributed by atoms with Gasteiger partial charge in [0, 0.05) is 30.6 Å². The Balaban J connectivity index is 1.74. The molecule has 4 aromatic rings. The summed E-state index contributed by atoms with van der Waals surface area (Å²) in [4.78, 5) is 35.7. The summed E-state index contributed by atoms with van der Waals surface area (Å²) < 4.78 is 2.59. The summed E-state index contributed by atoms with van der Waals surface area (Å²) in [5.41, 5.74) is 0.939. The number of fused-ring (bicyclic) bond motifs is 1. The van der Waals surface area contributed by atoms with E-state index >= 15 is 0 Å². The van der Waals surface area contributed by atoms with E-state index in [1.807, 2.05) is 0 Å². The van der Waals surface area contributed by atoms with Gasteiger partial charge >= 0.3 is 0 Å². The van der Waals surface area contributed by atoms with Crippen LogP contribution < -0.4 is 10.9 Å². The first-order valence-corrected chi connectivity index (χ1v) is 8.94. The fourth-order valence-corrected chi connectivity index (χ4v) is 3.14. The number of rotatable bonds is 4. The van der Waals surface area contributed by atoms with Crippen molar-refractivity contribution < 1.29 is 9.72 Å². The number of hydrogen-bond acceptors (Lipinski definition) is 6. The fourth-order valence-electron chi connectivity index (χ4n) is 3.14. The number of hydrogen-bond donors (Lipinski definition) is 1. The third kappa shape index (κ3) is 3.30. The molecular weight excluding hydrogens is 388 g/mol. The molecule has 0 spiro atoms. The van der Waals surface area contributed by atoms with Crippen LogP contribution in [0.4, 0.5) is 11.5 Å². The third-order valence-electron chi connectivity index (χ3n) is 4.55. The van der Waals surface area contributed by atoms with Crippen molar-refractivity contribution in [3.8, 4) is 5.69 Å². The highest BCUT2D eigenvalue weighted by Gasteiger charge is 2.18. The van der Waals surface area contributed by atoms with Gasteiger partial charge in [-0.15, -0.1) is 0 Å². The van der Waals surface area contributed by atoms with Gasteiger partial charge in [0.25, 0.3) is 17.2 Å². The third-order valence-corrected chi connectivity index (χ3v) is 4.55. The van der Waals surface area contributed by atoms with E-state index in [0.717, 1.165) is 4.68 Å². The highest BCUT2D eigenvalue weighted by atomic mass is 16.6. The monoisotopic (exact) mass is 404 g/mol. The van der Waals surface area contributed by atoms with Crippen molar-refractivity contribution in [2.24, 2.45) is 7.05 Å². The zero-order valence-electron chi connectivity index (χ0n) is 16.1. The molecule has 30 heavy (non-hydrogen) atoms. The molecule has 0 bridgehead atoms. The fraction of sp³-hybridized carbons (Fsp3) is 0.100. The van der Waals surface area contributed by atoms with Crippen molar-refractivity contribution in [1.82, 2.24) is 19.6 Å². The number of non-ortho nitro benzene ring substituents is 1. The van der Waals surface area contributed by atoms with Crippen molar-refractivity contribution in [2.45, 2.75) is 6.92 Å². The number of carbonyl (C=O) groups is 1. The molecular formula is C20H16N6O4. The summed E-state index contributed by atoms with van der Waals surface area (Å²) >= 11 is 0. The molecule has 0 aliphatic rings. The number of carbonyl (C=O) groups excluding carboxylic acids is 1. The van der Waals surface area contributed by atoms with Crippen LogP contribution in [0.15, 0.2) is 59.4 Å². The van der Waals surface area contributed by atoms with Gasteiger partial charge in [-0.05, 0) is 25.1 Å². The average Bonchev–Trinajstić information content (AvgIpc) is 3.10. The topological polar surface area (TPSA) is 125 Å². The van der Waals surface area contributed by atoms with Crippen molar-refractivity contribution in [1.29, 1.82) is 0 Å². The molecule has 0 atom stereocenters. The van der Waals surface area contributed by atoms with Gasteiger partial charge in [0.15, 0.2) is 5.69 Å². The molecule has 2 aromatic heterocycles. The highest BCUT2D eigenvalue weighted by Crippen LogP contribution is 2.21. The summed E-state index contributed by atoms with van der Waals surface area (Å²) in [7, 11) is 1.48. The lowest BCUT2D eigenvalue weighted by Gasteiger charge is -2.10. The number of benzene rings is 2. The van der Waals surface area contributed by atoms with Gasteiger partial charge in [-0.3, -0.25) is 19.7 Å². The lowest BCUT2D eigenvalue weighted by atomic mass is 10.1. The molecule has 0 saturated heterocycles. The van der Waals surface area contributed by atoms with E-state index in [1.54, 1.807) is 49.4 Å². The zero-order chi connectivity index (χ0) is 21.4. The van der Waals surface area contributed by atoms with Gasteiger partial charge in [0.2, 0.25) is 0 Å². The van der Waals surface area contributed by atoms with E-state index in [4.69, 9.17) is 0 Å². The molecule has 0 unspecified atom stereocenters. The van der Waals surface area contributed by atoms with Gasteiger partial charge < -0.3 is 5.32 Å². The normalized spacial score (nSPS) is 10.9. The lowest BCUT2D eigenvalue weighted by molar-refractivity contribution is -0.384. The Morgan fingerprint density at radius 1 is 1.07 bits per heavy atom. The van der Waals surface area contributed by atoms with Crippen molar-refractivity contribution in [3.05, 3.63) is 86.5 Å². The average molecular weight is 404 g/mol. The summed E-state index contributed by atoms with van der Waals surface area (Å²) in [6.45, 7) is 1.76. The molecule has 10 heteroatoms. The van der Waals surface area contributed by atoms with Gasteiger partial charge in [-0.2, -0.15) is 10.2 Å². The number of nitro groups is 1. The van der Waals surface area contributed by atoms with Crippen molar-refractivity contribution >= 4 is 28.2 Å². The maximum absolute atomic E-state index is 13.0. The number of nitrogens with zero attached hydrogens (tertiary/aromatic N) is 5. The van der Waals surface area contributed by atoms with Crippen LogP contribution >= 0.6 is 0 Å². The minimum atomic E-state index is -0.509. The Hall–Kier alpha value is -4.34. The summed E-state index contributed by atoms with van der Waals surface area (Å²) in [6.07, 6.45) is 0. The van der Waals surface area contributed by atoms with Crippen molar-refractivity contribution in [2.75, 3.05) is 5.32 Å². The Labute approximate surface area is 169 Å².